The lowest BCUT2D eigenvalue weighted by atomic mass is 10.0. The summed E-state index contributed by atoms with van der Waals surface area (Å²) in [4.78, 5) is 33.9. The Morgan fingerprint density at radius 2 is 1.70 bits per heavy atom. The third-order valence-corrected chi connectivity index (χ3v) is 5.03. The van der Waals surface area contributed by atoms with Crippen molar-refractivity contribution in [2.45, 2.75) is 19.4 Å². The highest BCUT2D eigenvalue weighted by atomic mass is 16.5. The number of para-hydroxylation sites is 1. The van der Waals surface area contributed by atoms with Crippen molar-refractivity contribution < 1.29 is 14.3 Å². The quantitative estimate of drug-likeness (QED) is 0.764. The van der Waals surface area contributed by atoms with E-state index < -0.39 is 0 Å². The summed E-state index contributed by atoms with van der Waals surface area (Å²) in [5.74, 6) is 0.0824. The first kappa shape index (κ1) is 17.3. The summed E-state index contributed by atoms with van der Waals surface area (Å²) >= 11 is 0. The maximum absolute atomic E-state index is 13.3. The Hall–Kier alpha value is -3.15. The summed E-state index contributed by atoms with van der Waals surface area (Å²) in [6, 6.07) is 11.0. The van der Waals surface area contributed by atoms with E-state index in [1.54, 1.807) is 19.5 Å². The average Bonchev–Trinajstić information content (AvgIpc) is 3.31. The predicted molar refractivity (Wildman–Crippen MR) is 101 cm³/mol. The lowest BCUT2D eigenvalue weighted by molar-refractivity contribution is -0.138. The number of aromatic nitrogens is 1. The molecular weight excluding hydrogens is 342 g/mol. The smallest absolute Gasteiger partial charge is 0.278 e. The second-order valence-electron chi connectivity index (χ2n) is 6.67. The van der Waals surface area contributed by atoms with Gasteiger partial charge in [-0.05, 0) is 36.6 Å². The fraction of sp³-hybridized carbons (Fsp3) is 0.286. The molecule has 0 unspecified atom stereocenters. The van der Waals surface area contributed by atoms with Gasteiger partial charge >= 0.3 is 0 Å². The van der Waals surface area contributed by atoms with Crippen LogP contribution in [0.5, 0.6) is 5.75 Å². The molecule has 1 fully saturated rings. The van der Waals surface area contributed by atoms with Crippen LogP contribution < -0.4 is 4.74 Å². The van der Waals surface area contributed by atoms with Crippen LogP contribution in [0.1, 0.15) is 24.0 Å². The number of carbonyl (C=O) groups excluding carboxylic acids is 2. The van der Waals surface area contributed by atoms with Crippen molar-refractivity contribution in [1.29, 1.82) is 0 Å². The van der Waals surface area contributed by atoms with Crippen molar-refractivity contribution in [2.75, 3.05) is 20.2 Å². The number of ether oxygens (including phenoxy) is 1. The molecule has 6 nitrogen and oxygen atoms in total. The van der Waals surface area contributed by atoms with Gasteiger partial charge in [0.05, 0.1) is 19.2 Å². The van der Waals surface area contributed by atoms with Gasteiger partial charge in [0.1, 0.15) is 11.4 Å². The Morgan fingerprint density at radius 3 is 2.41 bits per heavy atom. The second-order valence-corrected chi connectivity index (χ2v) is 6.67. The second kappa shape index (κ2) is 7.23. The number of nitrogens with zero attached hydrogens (tertiary/aromatic N) is 3. The molecule has 1 aromatic carbocycles. The number of pyridine rings is 1. The van der Waals surface area contributed by atoms with Gasteiger partial charge in [0.15, 0.2) is 0 Å². The molecule has 3 heterocycles. The van der Waals surface area contributed by atoms with Crippen molar-refractivity contribution in [3.63, 3.8) is 0 Å². The van der Waals surface area contributed by atoms with E-state index in [4.69, 9.17) is 4.74 Å². The molecule has 0 aliphatic carbocycles. The standard InChI is InChI=1S/C21H21N3O3/c1-27-17-7-3-2-6-16(17)18-19(23-12-4-5-13-23)21(26)24(20(18)25)14-15-8-10-22-11-9-15/h2-3,6-11H,4-5,12-14H2,1H3. The maximum atomic E-state index is 13.3. The monoisotopic (exact) mass is 363 g/mol. The summed E-state index contributed by atoms with van der Waals surface area (Å²) in [5.41, 5.74) is 2.47. The van der Waals surface area contributed by atoms with E-state index in [1.807, 2.05) is 41.3 Å². The zero-order valence-electron chi connectivity index (χ0n) is 15.2. The number of hydrogen-bond acceptors (Lipinski definition) is 5. The first-order chi connectivity index (χ1) is 13.2. The van der Waals surface area contributed by atoms with Crippen LogP contribution in [0.3, 0.4) is 0 Å². The number of hydrogen-bond donors (Lipinski definition) is 0. The molecule has 0 spiro atoms. The zero-order valence-corrected chi connectivity index (χ0v) is 15.2. The summed E-state index contributed by atoms with van der Waals surface area (Å²) in [7, 11) is 1.57. The number of amides is 2. The summed E-state index contributed by atoms with van der Waals surface area (Å²) in [6.45, 7) is 1.81. The van der Waals surface area contributed by atoms with Gasteiger partial charge in [0, 0.05) is 31.0 Å². The molecule has 2 amide bonds. The Kier molecular flexibility index (Phi) is 4.62. The largest absolute Gasteiger partial charge is 0.496 e. The van der Waals surface area contributed by atoms with E-state index >= 15 is 0 Å². The van der Waals surface area contributed by atoms with Gasteiger partial charge in [-0.1, -0.05) is 18.2 Å². The van der Waals surface area contributed by atoms with Gasteiger partial charge in [-0.3, -0.25) is 19.5 Å². The first-order valence-corrected chi connectivity index (χ1v) is 9.08. The van der Waals surface area contributed by atoms with Crippen LogP contribution in [-0.4, -0.2) is 46.8 Å². The fourth-order valence-corrected chi connectivity index (χ4v) is 3.71. The molecule has 0 radical (unpaired) electrons. The first-order valence-electron chi connectivity index (χ1n) is 9.08. The van der Waals surface area contributed by atoms with Crippen LogP contribution in [0.2, 0.25) is 0 Å². The van der Waals surface area contributed by atoms with E-state index in [1.165, 1.54) is 4.90 Å². The minimum atomic E-state index is -0.275. The van der Waals surface area contributed by atoms with E-state index in [2.05, 4.69) is 4.98 Å². The SMILES string of the molecule is COc1ccccc1C1=C(N2CCCC2)C(=O)N(Cc2ccncc2)C1=O. The highest BCUT2D eigenvalue weighted by molar-refractivity contribution is 6.35. The van der Waals surface area contributed by atoms with Crippen LogP contribution in [0.25, 0.3) is 5.57 Å². The van der Waals surface area contributed by atoms with E-state index in [0.29, 0.717) is 22.6 Å². The van der Waals surface area contributed by atoms with E-state index in [9.17, 15) is 9.59 Å². The summed E-state index contributed by atoms with van der Waals surface area (Å²) in [6.07, 6.45) is 5.37. The minimum Gasteiger partial charge on any atom is -0.496 e. The molecule has 0 saturated carbocycles. The highest BCUT2D eigenvalue weighted by Crippen LogP contribution is 2.37. The van der Waals surface area contributed by atoms with Crippen LogP contribution >= 0.6 is 0 Å². The van der Waals surface area contributed by atoms with Gasteiger partial charge < -0.3 is 9.64 Å². The van der Waals surface area contributed by atoms with Crippen molar-refractivity contribution in [3.8, 4) is 5.75 Å². The molecule has 0 bridgehead atoms. The molecule has 1 aromatic heterocycles. The Morgan fingerprint density at radius 1 is 1.00 bits per heavy atom. The fourth-order valence-electron chi connectivity index (χ4n) is 3.71. The van der Waals surface area contributed by atoms with Crippen LogP contribution in [0, 0.1) is 0 Å². The molecule has 6 heteroatoms. The molecule has 1 saturated heterocycles. The molecule has 4 rings (SSSR count). The van der Waals surface area contributed by atoms with Crippen molar-refractivity contribution in [3.05, 3.63) is 65.6 Å². The van der Waals surface area contributed by atoms with Gasteiger partial charge in [0.2, 0.25) is 0 Å². The highest BCUT2D eigenvalue weighted by Gasteiger charge is 2.42. The topological polar surface area (TPSA) is 62.7 Å². The Bertz CT molecular complexity index is 902. The summed E-state index contributed by atoms with van der Waals surface area (Å²) in [5, 5.41) is 0. The number of rotatable bonds is 5. The van der Waals surface area contributed by atoms with Crippen molar-refractivity contribution >= 4 is 17.4 Å². The van der Waals surface area contributed by atoms with Gasteiger partial charge in [-0.2, -0.15) is 0 Å². The average molecular weight is 363 g/mol. The number of imide groups is 1. The molecule has 2 aliphatic heterocycles. The molecule has 2 aliphatic rings. The third kappa shape index (κ3) is 3.07. The number of methoxy groups -OCH3 is 1. The number of carbonyl (C=O) groups is 2. The maximum Gasteiger partial charge on any atom is 0.278 e. The lowest BCUT2D eigenvalue weighted by Gasteiger charge is -2.20. The van der Waals surface area contributed by atoms with Gasteiger partial charge in [-0.25, -0.2) is 0 Å². The predicted octanol–water partition coefficient (Wildman–Crippen LogP) is 2.47. The van der Waals surface area contributed by atoms with E-state index in [0.717, 1.165) is 31.5 Å². The minimum absolute atomic E-state index is 0.232. The van der Waals surface area contributed by atoms with Crippen LogP contribution in [-0.2, 0) is 16.1 Å². The molecule has 0 N–H and O–H groups in total. The van der Waals surface area contributed by atoms with Crippen LogP contribution in [0.4, 0.5) is 0 Å². The summed E-state index contributed by atoms with van der Waals surface area (Å²) < 4.78 is 5.46. The molecule has 2 aromatic rings. The molecule has 27 heavy (non-hydrogen) atoms. The van der Waals surface area contributed by atoms with Gasteiger partial charge in [-0.15, -0.1) is 0 Å². The normalized spacial score (nSPS) is 17.2. The molecular formula is C21H21N3O3. The zero-order chi connectivity index (χ0) is 18.8. The van der Waals surface area contributed by atoms with Crippen LogP contribution in [0.15, 0.2) is 54.5 Å². The van der Waals surface area contributed by atoms with Crippen molar-refractivity contribution in [1.82, 2.24) is 14.8 Å². The number of likely N-dealkylation sites (tertiary alicyclic amines) is 1. The molecule has 0 atom stereocenters. The third-order valence-electron chi connectivity index (χ3n) is 5.03. The Labute approximate surface area is 158 Å². The Balaban J connectivity index is 1.78. The number of benzene rings is 1. The van der Waals surface area contributed by atoms with Crippen molar-refractivity contribution in [2.24, 2.45) is 0 Å². The van der Waals surface area contributed by atoms with Gasteiger partial charge in [0.25, 0.3) is 11.8 Å². The van der Waals surface area contributed by atoms with E-state index in [-0.39, 0.29) is 18.4 Å². The lowest BCUT2D eigenvalue weighted by Crippen LogP contribution is -2.34. The molecule has 138 valence electrons.